The number of sulfonamides is 1. The highest BCUT2D eigenvalue weighted by atomic mass is 32.2. The van der Waals surface area contributed by atoms with Gasteiger partial charge in [-0.05, 0) is 18.8 Å². The molecule has 0 aromatic carbocycles. The van der Waals surface area contributed by atoms with Crippen molar-refractivity contribution < 1.29 is 26.3 Å². The van der Waals surface area contributed by atoms with Crippen molar-refractivity contribution in [3.63, 3.8) is 0 Å². The second-order valence-electron chi connectivity index (χ2n) is 4.03. The van der Waals surface area contributed by atoms with E-state index >= 15 is 0 Å². The number of hydrogen-bond donors (Lipinski definition) is 1. The molecule has 0 aliphatic rings. The average molecular weight is 277 g/mol. The van der Waals surface area contributed by atoms with Crippen LogP contribution in [-0.4, -0.2) is 33.6 Å². The zero-order valence-corrected chi connectivity index (χ0v) is 10.5. The van der Waals surface area contributed by atoms with Crippen molar-refractivity contribution in [2.24, 2.45) is 11.1 Å². The molecule has 2 N–H and O–H groups in total. The number of hydrogen-bond acceptors (Lipinski definition) is 3. The molecule has 0 spiro atoms. The van der Waals surface area contributed by atoms with Gasteiger partial charge in [0, 0.05) is 6.61 Å². The number of alkyl halides is 3. The van der Waals surface area contributed by atoms with Crippen LogP contribution in [0.15, 0.2) is 0 Å². The Hall–Kier alpha value is -0.340. The van der Waals surface area contributed by atoms with Crippen LogP contribution in [0.3, 0.4) is 0 Å². The summed E-state index contributed by atoms with van der Waals surface area (Å²) < 4.78 is 61.3. The van der Waals surface area contributed by atoms with Crippen LogP contribution < -0.4 is 5.14 Å². The van der Waals surface area contributed by atoms with Crippen LogP contribution in [0.2, 0.25) is 0 Å². The molecule has 8 heteroatoms. The second kappa shape index (κ2) is 7.17. The van der Waals surface area contributed by atoms with Gasteiger partial charge in [-0.2, -0.15) is 13.2 Å². The number of ether oxygens (including phenoxy) is 1. The lowest BCUT2D eigenvalue weighted by molar-refractivity contribution is -0.145. The standard InChI is InChI=1S/C9H18F3NO3S/c1-8(3-7-17(13,14)15)2-5-16-6-4-9(10,11)12/h8H,2-7H2,1H3,(H2,13,14,15). The van der Waals surface area contributed by atoms with Crippen LogP contribution in [0.1, 0.15) is 26.2 Å². The normalized spacial score (nSPS) is 14.9. The molecule has 0 aliphatic carbocycles. The smallest absolute Gasteiger partial charge is 0.381 e. The summed E-state index contributed by atoms with van der Waals surface area (Å²) in [5.41, 5.74) is 0. The van der Waals surface area contributed by atoms with Gasteiger partial charge < -0.3 is 4.74 Å². The largest absolute Gasteiger partial charge is 0.391 e. The van der Waals surface area contributed by atoms with Crippen molar-refractivity contribution in [1.29, 1.82) is 0 Å². The van der Waals surface area contributed by atoms with Gasteiger partial charge in [0.1, 0.15) is 0 Å². The van der Waals surface area contributed by atoms with Gasteiger partial charge in [0.2, 0.25) is 10.0 Å². The lowest BCUT2D eigenvalue weighted by atomic mass is 10.1. The van der Waals surface area contributed by atoms with Crippen molar-refractivity contribution in [2.45, 2.75) is 32.4 Å². The molecule has 4 nitrogen and oxygen atoms in total. The first-order chi connectivity index (χ1) is 7.60. The fourth-order valence-corrected chi connectivity index (χ4v) is 1.82. The summed E-state index contributed by atoms with van der Waals surface area (Å²) in [6.45, 7) is 1.64. The quantitative estimate of drug-likeness (QED) is 0.686. The first-order valence-electron chi connectivity index (χ1n) is 5.25. The van der Waals surface area contributed by atoms with Gasteiger partial charge in [-0.1, -0.05) is 6.92 Å². The van der Waals surface area contributed by atoms with Crippen LogP contribution in [0, 0.1) is 5.92 Å². The van der Waals surface area contributed by atoms with E-state index in [0.29, 0.717) is 12.8 Å². The van der Waals surface area contributed by atoms with E-state index in [9.17, 15) is 21.6 Å². The molecule has 0 radical (unpaired) electrons. The van der Waals surface area contributed by atoms with Crippen LogP contribution in [0.5, 0.6) is 0 Å². The minimum atomic E-state index is -4.20. The summed E-state index contributed by atoms with van der Waals surface area (Å²) >= 11 is 0. The van der Waals surface area contributed by atoms with Gasteiger partial charge in [0.25, 0.3) is 0 Å². The first kappa shape index (κ1) is 16.7. The lowest BCUT2D eigenvalue weighted by Gasteiger charge is -2.11. The molecule has 0 saturated carbocycles. The Morgan fingerprint density at radius 2 is 1.82 bits per heavy atom. The van der Waals surface area contributed by atoms with Gasteiger partial charge in [-0.25, -0.2) is 13.6 Å². The van der Waals surface area contributed by atoms with Gasteiger partial charge in [-0.3, -0.25) is 0 Å². The highest BCUT2D eigenvalue weighted by molar-refractivity contribution is 7.89. The van der Waals surface area contributed by atoms with Crippen LogP contribution in [0.4, 0.5) is 13.2 Å². The molecule has 0 bridgehead atoms. The SMILES string of the molecule is CC(CCOCCC(F)(F)F)CCS(N)(=O)=O. The summed E-state index contributed by atoms with van der Waals surface area (Å²) in [5, 5.41) is 4.82. The molecule has 0 aliphatic heterocycles. The summed E-state index contributed by atoms with van der Waals surface area (Å²) in [5.74, 6) is -0.0595. The molecule has 0 saturated heterocycles. The average Bonchev–Trinajstić information content (AvgIpc) is 2.11. The fraction of sp³-hybridized carbons (Fsp3) is 1.00. The van der Waals surface area contributed by atoms with E-state index in [1.807, 2.05) is 0 Å². The molecule has 0 rings (SSSR count). The Kier molecular flexibility index (Phi) is 7.03. The van der Waals surface area contributed by atoms with E-state index in [-0.39, 0.29) is 24.9 Å². The highest BCUT2D eigenvalue weighted by Crippen LogP contribution is 2.19. The van der Waals surface area contributed by atoms with Crippen LogP contribution in [-0.2, 0) is 14.8 Å². The summed E-state index contributed by atoms with van der Waals surface area (Å²) in [7, 11) is -3.46. The predicted octanol–water partition coefficient (Wildman–Crippen LogP) is 1.66. The zero-order chi connectivity index (χ0) is 13.5. The van der Waals surface area contributed by atoms with Gasteiger partial charge in [-0.15, -0.1) is 0 Å². The number of halogens is 3. The molecular formula is C9H18F3NO3S. The van der Waals surface area contributed by atoms with E-state index in [1.54, 1.807) is 6.92 Å². The molecule has 104 valence electrons. The molecule has 0 amide bonds. The topological polar surface area (TPSA) is 69.4 Å². The third kappa shape index (κ3) is 13.6. The summed E-state index contributed by atoms with van der Waals surface area (Å²) in [4.78, 5) is 0. The van der Waals surface area contributed by atoms with E-state index in [0.717, 1.165) is 0 Å². The molecule has 1 unspecified atom stereocenters. The van der Waals surface area contributed by atoms with E-state index in [4.69, 9.17) is 9.88 Å². The van der Waals surface area contributed by atoms with Crippen LogP contribution >= 0.6 is 0 Å². The van der Waals surface area contributed by atoms with Gasteiger partial charge in [0.15, 0.2) is 0 Å². The molecule has 0 aromatic heterocycles. The molecule has 0 fully saturated rings. The van der Waals surface area contributed by atoms with Gasteiger partial charge in [0.05, 0.1) is 18.8 Å². The maximum Gasteiger partial charge on any atom is 0.391 e. The van der Waals surface area contributed by atoms with Crippen molar-refractivity contribution >= 4 is 10.0 Å². The van der Waals surface area contributed by atoms with E-state index in [1.165, 1.54) is 0 Å². The van der Waals surface area contributed by atoms with Crippen molar-refractivity contribution in [3.05, 3.63) is 0 Å². The van der Waals surface area contributed by atoms with Gasteiger partial charge >= 0.3 is 6.18 Å². The Labute approximate surface area is 99.4 Å². The molecule has 0 aromatic rings. The molecule has 0 heterocycles. The monoisotopic (exact) mass is 277 g/mol. The maximum absolute atomic E-state index is 11.7. The van der Waals surface area contributed by atoms with Crippen molar-refractivity contribution in [2.75, 3.05) is 19.0 Å². The molecule has 17 heavy (non-hydrogen) atoms. The number of nitrogens with two attached hydrogens (primary N) is 1. The minimum Gasteiger partial charge on any atom is -0.381 e. The Morgan fingerprint density at radius 3 is 2.29 bits per heavy atom. The predicted molar refractivity (Wildman–Crippen MR) is 57.9 cm³/mol. The lowest BCUT2D eigenvalue weighted by Crippen LogP contribution is -2.19. The highest BCUT2D eigenvalue weighted by Gasteiger charge is 2.26. The third-order valence-electron chi connectivity index (χ3n) is 2.18. The summed E-state index contributed by atoms with van der Waals surface area (Å²) in [6, 6.07) is 0. The van der Waals surface area contributed by atoms with Crippen molar-refractivity contribution in [1.82, 2.24) is 0 Å². The molecular weight excluding hydrogens is 259 g/mol. The van der Waals surface area contributed by atoms with E-state index in [2.05, 4.69) is 0 Å². The van der Waals surface area contributed by atoms with Crippen molar-refractivity contribution in [3.8, 4) is 0 Å². The Morgan fingerprint density at radius 1 is 1.24 bits per heavy atom. The minimum absolute atomic E-state index is 0.0548. The fourth-order valence-electron chi connectivity index (χ4n) is 1.08. The van der Waals surface area contributed by atoms with E-state index < -0.39 is 22.6 Å². The Bertz CT molecular complexity index is 303. The summed E-state index contributed by atoms with van der Waals surface area (Å²) in [6.07, 6.45) is -4.24. The first-order valence-corrected chi connectivity index (χ1v) is 6.96. The number of rotatable bonds is 8. The zero-order valence-electron chi connectivity index (χ0n) is 9.66. The maximum atomic E-state index is 11.7. The number of primary sulfonamides is 1. The Balaban J connectivity index is 3.49. The van der Waals surface area contributed by atoms with Crippen LogP contribution in [0.25, 0.3) is 0 Å². The second-order valence-corrected chi connectivity index (χ2v) is 5.76. The molecule has 1 atom stereocenters. The third-order valence-corrected chi connectivity index (χ3v) is 2.98.